The normalized spacial score (nSPS) is 11.0. The van der Waals surface area contributed by atoms with Gasteiger partial charge in [-0.25, -0.2) is 4.98 Å². The number of carbonyl (C=O) groups excluding carboxylic acids is 1. The first-order valence-corrected chi connectivity index (χ1v) is 7.41. The number of benzene rings is 2. The van der Waals surface area contributed by atoms with E-state index in [1.54, 1.807) is 6.26 Å². The fourth-order valence-corrected chi connectivity index (χ4v) is 2.71. The summed E-state index contributed by atoms with van der Waals surface area (Å²) in [6.07, 6.45) is 2.99. The molecule has 0 aliphatic rings. The van der Waals surface area contributed by atoms with Gasteiger partial charge in [-0.2, -0.15) is 0 Å². The highest BCUT2D eigenvalue weighted by Gasteiger charge is 2.11. The average Bonchev–Trinajstić information content (AvgIpc) is 3.05. The predicted molar refractivity (Wildman–Crippen MR) is 91.0 cm³/mol. The number of para-hydroxylation sites is 1. The van der Waals surface area contributed by atoms with Crippen molar-refractivity contribution in [1.29, 1.82) is 0 Å². The van der Waals surface area contributed by atoms with Crippen LogP contribution in [0.25, 0.3) is 22.0 Å². The molecule has 0 aliphatic heterocycles. The van der Waals surface area contributed by atoms with E-state index in [1.807, 2.05) is 54.6 Å². The van der Waals surface area contributed by atoms with Crippen molar-refractivity contribution in [3.8, 4) is 0 Å². The molecule has 0 saturated carbocycles. The number of rotatable bonds is 4. The third-order valence-electron chi connectivity index (χ3n) is 3.85. The van der Waals surface area contributed by atoms with Gasteiger partial charge in [-0.1, -0.05) is 30.3 Å². The Morgan fingerprint density at radius 3 is 2.65 bits per heavy atom. The highest BCUT2D eigenvalue weighted by Crippen LogP contribution is 2.33. The molecule has 4 heteroatoms. The van der Waals surface area contributed by atoms with Gasteiger partial charge in [0, 0.05) is 17.5 Å². The average molecular weight is 302 g/mol. The van der Waals surface area contributed by atoms with Crippen LogP contribution >= 0.6 is 0 Å². The fraction of sp³-hybridized carbons (Fsp3) is 0.0526. The summed E-state index contributed by atoms with van der Waals surface area (Å²) >= 11 is 0. The van der Waals surface area contributed by atoms with Gasteiger partial charge in [-0.3, -0.25) is 0 Å². The van der Waals surface area contributed by atoms with E-state index in [0.717, 1.165) is 39.5 Å². The lowest BCUT2D eigenvalue weighted by Gasteiger charge is -2.11. The Bertz CT molecular complexity index is 987. The molecule has 4 aromatic rings. The Hall–Kier alpha value is -3.14. The molecular weight excluding hydrogens is 288 g/mol. The Morgan fingerprint density at radius 1 is 1.00 bits per heavy atom. The van der Waals surface area contributed by atoms with Gasteiger partial charge in [0.15, 0.2) is 0 Å². The highest BCUT2D eigenvalue weighted by atomic mass is 16.3. The molecule has 2 aromatic heterocycles. The minimum absolute atomic E-state index is 0.435. The zero-order valence-corrected chi connectivity index (χ0v) is 12.3. The number of fused-ring (bicyclic) bond motifs is 2. The predicted octanol–water partition coefficient (Wildman–Crippen LogP) is 4.47. The van der Waals surface area contributed by atoms with Gasteiger partial charge < -0.3 is 14.5 Å². The molecular formula is C19H14N2O2. The summed E-state index contributed by atoms with van der Waals surface area (Å²) in [4.78, 5) is 15.1. The van der Waals surface area contributed by atoms with E-state index in [9.17, 15) is 4.79 Å². The second kappa shape index (κ2) is 5.57. The molecule has 0 radical (unpaired) electrons. The number of furan rings is 1. The van der Waals surface area contributed by atoms with Crippen molar-refractivity contribution in [3.63, 3.8) is 0 Å². The molecule has 0 spiro atoms. The maximum Gasteiger partial charge on any atom is 0.228 e. The molecule has 112 valence electrons. The van der Waals surface area contributed by atoms with Crippen LogP contribution in [0, 0.1) is 0 Å². The van der Waals surface area contributed by atoms with Crippen molar-refractivity contribution >= 4 is 39.7 Å². The third-order valence-corrected chi connectivity index (χ3v) is 3.85. The Balaban J connectivity index is 1.82. The van der Waals surface area contributed by atoms with Crippen LogP contribution in [0.2, 0.25) is 0 Å². The van der Waals surface area contributed by atoms with Crippen molar-refractivity contribution in [2.24, 2.45) is 0 Å². The minimum Gasteiger partial charge on any atom is -0.446 e. The maximum absolute atomic E-state index is 10.6. The molecule has 0 atom stereocenters. The van der Waals surface area contributed by atoms with Gasteiger partial charge in [0.25, 0.3) is 0 Å². The Morgan fingerprint density at radius 2 is 1.83 bits per heavy atom. The van der Waals surface area contributed by atoms with E-state index >= 15 is 0 Å². The molecule has 0 bridgehead atoms. The van der Waals surface area contributed by atoms with Crippen LogP contribution < -0.4 is 5.32 Å². The minimum atomic E-state index is 0.435. The summed E-state index contributed by atoms with van der Waals surface area (Å²) in [6.45, 7) is 0. The van der Waals surface area contributed by atoms with Crippen LogP contribution in [0.1, 0.15) is 5.56 Å². The van der Waals surface area contributed by atoms with Gasteiger partial charge in [-0.05, 0) is 29.8 Å². The van der Waals surface area contributed by atoms with Crippen molar-refractivity contribution in [3.05, 3.63) is 66.4 Å². The van der Waals surface area contributed by atoms with Crippen molar-refractivity contribution in [2.75, 3.05) is 5.32 Å². The van der Waals surface area contributed by atoms with Crippen LogP contribution in [0.3, 0.4) is 0 Å². The lowest BCUT2D eigenvalue weighted by atomic mass is 10.1. The van der Waals surface area contributed by atoms with E-state index in [2.05, 4.69) is 10.3 Å². The lowest BCUT2D eigenvalue weighted by Crippen LogP contribution is -1.94. The molecule has 4 nitrogen and oxygen atoms in total. The second-order valence-electron chi connectivity index (χ2n) is 5.34. The number of carbonyl (C=O) groups is 1. The number of hydrogen-bond acceptors (Lipinski definition) is 4. The van der Waals surface area contributed by atoms with E-state index in [4.69, 9.17) is 4.42 Å². The summed E-state index contributed by atoms with van der Waals surface area (Å²) in [5.41, 5.74) is 4.43. The first-order valence-electron chi connectivity index (χ1n) is 7.41. The molecule has 2 aromatic carbocycles. The standard InChI is InChI=1S/C19H14N2O2/c22-11-9-13-5-7-14(8-6-13)20-18-15-3-1-2-4-17(15)21-19-16(18)10-12-23-19/h1-8,10-12H,9H2,(H,20,21). The summed E-state index contributed by atoms with van der Waals surface area (Å²) in [5, 5.41) is 5.44. The zero-order valence-electron chi connectivity index (χ0n) is 12.3. The van der Waals surface area contributed by atoms with Gasteiger partial charge in [0.2, 0.25) is 5.71 Å². The van der Waals surface area contributed by atoms with Gasteiger partial charge in [-0.15, -0.1) is 0 Å². The van der Waals surface area contributed by atoms with E-state index < -0.39 is 0 Å². The third kappa shape index (κ3) is 2.44. The lowest BCUT2D eigenvalue weighted by molar-refractivity contribution is -0.107. The number of hydrogen-bond donors (Lipinski definition) is 1. The van der Waals surface area contributed by atoms with E-state index in [1.165, 1.54) is 0 Å². The van der Waals surface area contributed by atoms with Gasteiger partial charge in [0.05, 0.1) is 22.9 Å². The van der Waals surface area contributed by atoms with Crippen LogP contribution in [-0.2, 0) is 11.2 Å². The summed E-state index contributed by atoms with van der Waals surface area (Å²) in [6, 6.07) is 17.7. The number of aldehydes is 1. The summed E-state index contributed by atoms with van der Waals surface area (Å²) in [5.74, 6) is 0. The number of pyridine rings is 1. The topological polar surface area (TPSA) is 55.1 Å². The molecule has 0 unspecified atom stereocenters. The van der Waals surface area contributed by atoms with Crippen molar-refractivity contribution < 1.29 is 9.21 Å². The first-order chi connectivity index (χ1) is 11.3. The molecule has 0 amide bonds. The number of anilines is 2. The van der Waals surface area contributed by atoms with Crippen molar-refractivity contribution in [2.45, 2.75) is 6.42 Å². The number of aromatic nitrogens is 1. The van der Waals surface area contributed by atoms with E-state index in [0.29, 0.717) is 12.1 Å². The molecule has 4 rings (SSSR count). The first kappa shape index (κ1) is 13.5. The van der Waals surface area contributed by atoms with Crippen LogP contribution in [0.5, 0.6) is 0 Å². The SMILES string of the molecule is O=CCc1ccc(Nc2c3ccccc3nc3occc23)cc1. The van der Waals surface area contributed by atoms with E-state index in [-0.39, 0.29) is 0 Å². The second-order valence-corrected chi connectivity index (χ2v) is 5.34. The van der Waals surface area contributed by atoms with Gasteiger partial charge >= 0.3 is 0 Å². The Labute approximate surface area is 132 Å². The maximum atomic E-state index is 10.6. The largest absolute Gasteiger partial charge is 0.446 e. The molecule has 0 aliphatic carbocycles. The molecule has 0 saturated heterocycles. The molecule has 23 heavy (non-hydrogen) atoms. The highest BCUT2D eigenvalue weighted by molar-refractivity contribution is 6.07. The number of nitrogens with one attached hydrogen (secondary N) is 1. The fourth-order valence-electron chi connectivity index (χ4n) is 2.71. The quantitative estimate of drug-likeness (QED) is 0.565. The zero-order chi connectivity index (χ0) is 15.6. The summed E-state index contributed by atoms with van der Waals surface area (Å²) < 4.78 is 5.47. The molecule has 2 heterocycles. The molecule has 0 fully saturated rings. The summed E-state index contributed by atoms with van der Waals surface area (Å²) in [7, 11) is 0. The Kier molecular flexibility index (Phi) is 3.27. The van der Waals surface area contributed by atoms with Crippen LogP contribution in [0.4, 0.5) is 11.4 Å². The molecule has 1 N–H and O–H groups in total. The van der Waals surface area contributed by atoms with Crippen molar-refractivity contribution in [1.82, 2.24) is 4.98 Å². The van der Waals surface area contributed by atoms with Crippen LogP contribution in [0.15, 0.2) is 65.3 Å². The monoisotopic (exact) mass is 302 g/mol. The van der Waals surface area contributed by atoms with Gasteiger partial charge in [0.1, 0.15) is 6.29 Å². The number of nitrogens with zero attached hydrogens (tertiary/aromatic N) is 1. The van der Waals surface area contributed by atoms with Crippen LogP contribution in [-0.4, -0.2) is 11.3 Å². The smallest absolute Gasteiger partial charge is 0.228 e.